The Morgan fingerprint density at radius 1 is 1.33 bits per heavy atom. The SMILES string of the molecule is CCOC(=O)c1nc(C(=O)NCc2cnc(C)cn2)cs1. The maximum atomic E-state index is 11.9. The van der Waals surface area contributed by atoms with Gasteiger partial charge in [0.05, 0.1) is 30.7 Å². The monoisotopic (exact) mass is 306 g/mol. The van der Waals surface area contributed by atoms with Crippen LogP contribution in [0.15, 0.2) is 17.8 Å². The highest BCUT2D eigenvalue weighted by Crippen LogP contribution is 2.11. The molecule has 21 heavy (non-hydrogen) atoms. The molecule has 110 valence electrons. The Bertz CT molecular complexity index is 639. The minimum absolute atomic E-state index is 0.164. The number of aromatic nitrogens is 3. The lowest BCUT2D eigenvalue weighted by Gasteiger charge is -2.02. The Labute approximate surface area is 125 Å². The molecular formula is C13H14N4O3S. The Balaban J connectivity index is 1.94. The van der Waals surface area contributed by atoms with E-state index in [0.717, 1.165) is 17.0 Å². The lowest BCUT2D eigenvalue weighted by atomic mass is 10.4. The molecule has 0 bridgehead atoms. The van der Waals surface area contributed by atoms with Gasteiger partial charge in [-0.2, -0.15) is 0 Å². The molecule has 0 radical (unpaired) electrons. The topological polar surface area (TPSA) is 94.1 Å². The van der Waals surface area contributed by atoms with Gasteiger partial charge in [-0.25, -0.2) is 9.78 Å². The van der Waals surface area contributed by atoms with E-state index in [2.05, 4.69) is 20.3 Å². The number of carbonyl (C=O) groups is 2. The van der Waals surface area contributed by atoms with Crippen LogP contribution in [0, 0.1) is 6.92 Å². The Kier molecular flexibility index (Phi) is 4.94. The molecule has 0 aliphatic heterocycles. The number of carbonyl (C=O) groups excluding carboxylic acids is 2. The number of hydrogen-bond donors (Lipinski definition) is 1. The van der Waals surface area contributed by atoms with Crippen LogP contribution >= 0.6 is 11.3 Å². The summed E-state index contributed by atoms with van der Waals surface area (Å²) in [5.74, 6) is -0.893. The van der Waals surface area contributed by atoms with Gasteiger partial charge < -0.3 is 10.1 Å². The van der Waals surface area contributed by atoms with Gasteiger partial charge in [-0.05, 0) is 13.8 Å². The minimum Gasteiger partial charge on any atom is -0.461 e. The van der Waals surface area contributed by atoms with Gasteiger partial charge in [-0.1, -0.05) is 0 Å². The van der Waals surface area contributed by atoms with Crippen LogP contribution in [0.2, 0.25) is 0 Å². The van der Waals surface area contributed by atoms with E-state index in [0.29, 0.717) is 5.69 Å². The summed E-state index contributed by atoms with van der Waals surface area (Å²) < 4.78 is 4.82. The summed E-state index contributed by atoms with van der Waals surface area (Å²) in [5.41, 5.74) is 1.64. The quantitative estimate of drug-likeness (QED) is 0.838. The van der Waals surface area contributed by atoms with Crippen LogP contribution in [0.4, 0.5) is 0 Å². The number of thiazole rings is 1. The summed E-state index contributed by atoms with van der Waals surface area (Å²) in [4.78, 5) is 35.6. The third-order valence-corrected chi connectivity index (χ3v) is 3.27. The van der Waals surface area contributed by atoms with Crippen molar-refractivity contribution in [3.8, 4) is 0 Å². The van der Waals surface area contributed by atoms with Crippen molar-refractivity contribution in [3.05, 3.63) is 39.9 Å². The average Bonchev–Trinajstić information content (AvgIpc) is 2.96. The molecule has 0 spiro atoms. The number of hydrogen-bond acceptors (Lipinski definition) is 7. The lowest BCUT2D eigenvalue weighted by Crippen LogP contribution is -2.24. The number of ether oxygens (including phenoxy) is 1. The molecule has 8 heteroatoms. The van der Waals surface area contributed by atoms with E-state index in [4.69, 9.17) is 4.74 Å². The Hall–Kier alpha value is -2.35. The van der Waals surface area contributed by atoms with Crippen molar-refractivity contribution >= 4 is 23.2 Å². The van der Waals surface area contributed by atoms with Crippen LogP contribution < -0.4 is 5.32 Å². The Morgan fingerprint density at radius 2 is 2.14 bits per heavy atom. The number of nitrogens with one attached hydrogen (secondary N) is 1. The highest BCUT2D eigenvalue weighted by atomic mass is 32.1. The molecular weight excluding hydrogens is 292 g/mol. The summed E-state index contributed by atoms with van der Waals surface area (Å²) in [6.45, 7) is 4.06. The second kappa shape index (κ2) is 6.89. The first-order chi connectivity index (χ1) is 10.1. The van der Waals surface area contributed by atoms with E-state index in [1.165, 1.54) is 5.38 Å². The second-order valence-electron chi connectivity index (χ2n) is 4.09. The average molecular weight is 306 g/mol. The van der Waals surface area contributed by atoms with Crippen molar-refractivity contribution in [1.82, 2.24) is 20.3 Å². The molecule has 0 atom stereocenters. The first kappa shape index (κ1) is 15.0. The maximum Gasteiger partial charge on any atom is 0.367 e. The standard InChI is InChI=1S/C13H14N4O3S/c1-3-20-13(19)12-17-10(7-21-12)11(18)16-6-9-5-14-8(2)4-15-9/h4-5,7H,3,6H2,1-2H3,(H,16,18). The van der Waals surface area contributed by atoms with E-state index in [-0.39, 0.29) is 29.8 Å². The summed E-state index contributed by atoms with van der Waals surface area (Å²) in [7, 11) is 0. The molecule has 2 heterocycles. The van der Waals surface area contributed by atoms with Crippen molar-refractivity contribution in [2.45, 2.75) is 20.4 Å². The van der Waals surface area contributed by atoms with Crippen LogP contribution in [0.5, 0.6) is 0 Å². The van der Waals surface area contributed by atoms with Crippen molar-refractivity contribution in [3.63, 3.8) is 0 Å². The summed E-state index contributed by atoms with van der Waals surface area (Å²) in [5, 5.41) is 4.35. The number of esters is 1. The van der Waals surface area contributed by atoms with Gasteiger partial charge in [0.25, 0.3) is 5.91 Å². The summed E-state index contributed by atoms with van der Waals surface area (Å²) in [6.07, 6.45) is 3.23. The molecule has 2 aromatic heterocycles. The van der Waals surface area contributed by atoms with E-state index in [1.807, 2.05) is 6.92 Å². The van der Waals surface area contributed by atoms with Gasteiger partial charge in [0.15, 0.2) is 0 Å². The normalized spacial score (nSPS) is 10.2. The molecule has 1 N–H and O–H groups in total. The largest absolute Gasteiger partial charge is 0.461 e. The van der Waals surface area contributed by atoms with Gasteiger partial charge >= 0.3 is 5.97 Å². The predicted octanol–water partition coefficient (Wildman–Crippen LogP) is 1.35. The van der Waals surface area contributed by atoms with Crippen molar-refractivity contribution < 1.29 is 14.3 Å². The molecule has 0 unspecified atom stereocenters. The fourth-order valence-corrected chi connectivity index (χ4v) is 2.13. The maximum absolute atomic E-state index is 11.9. The first-order valence-corrected chi connectivity index (χ1v) is 7.16. The zero-order chi connectivity index (χ0) is 15.2. The van der Waals surface area contributed by atoms with E-state index < -0.39 is 5.97 Å². The predicted molar refractivity (Wildman–Crippen MR) is 76.0 cm³/mol. The van der Waals surface area contributed by atoms with E-state index in [9.17, 15) is 9.59 Å². The van der Waals surface area contributed by atoms with E-state index in [1.54, 1.807) is 19.3 Å². The van der Waals surface area contributed by atoms with E-state index >= 15 is 0 Å². The highest BCUT2D eigenvalue weighted by molar-refractivity contribution is 7.11. The van der Waals surface area contributed by atoms with Crippen LogP contribution in [0.3, 0.4) is 0 Å². The van der Waals surface area contributed by atoms with Crippen LogP contribution in [-0.2, 0) is 11.3 Å². The second-order valence-corrected chi connectivity index (χ2v) is 4.95. The number of amides is 1. The highest BCUT2D eigenvalue weighted by Gasteiger charge is 2.16. The fourth-order valence-electron chi connectivity index (χ4n) is 1.44. The number of rotatable bonds is 5. The number of aryl methyl sites for hydroxylation is 1. The lowest BCUT2D eigenvalue weighted by molar-refractivity contribution is 0.0526. The molecule has 0 saturated carbocycles. The third-order valence-electron chi connectivity index (χ3n) is 2.45. The molecule has 2 rings (SSSR count). The smallest absolute Gasteiger partial charge is 0.367 e. The minimum atomic E-state index is -0.522. The van der Waals surface area contributed by atoms with Crippen molar-refractivity contribution in [2.24, 2.45) is 0 Å². The molecule has 0 fully saturated rings. The van der Waals surface area contributed by atoms with Gasteiger partial charge in [-0.3, -0.25) is 14.8 Å². The van der Waals surface area contributed by atoms with Crippen LogP contribution in [-0.4, -0.2) is 33.4 Å². The van der Waals surface area contributed by atoms with Gasteiger partial charge in [0.2, 0.25) is 5.01 Å². The summed E-state index contributed by atoms with van der Waals surface area (Å²) >= 11 is 1.08. The number of nitrogens with zero attached hydrogens (tertiary/aromatic N) is 3. The van der Waals surface area contributed by atoms with Crippen molar-refractivity contribution in [1.29, 1.82) is 0 Å². The molecule has 1 amide bonds. The van der Waals surface area contributed by atoms with Crippen LogP contribution in [0.25, 0.3) is 0 Å². The first-order valence-electron chi connectivity index (χ1n) is 6.28. The van der Waals surface area contributed by atoms with Crippen LogP contribution in [0.1, 0.15) is 38.6 Å². The van der Waals surface area contributed by atoms with Gasteiger partial charge in [0.1, 0.15) is 5.69 Å². The zero-order valence-corrected chi connectivity index (χ0v) is 12.4. The molecule has 0 aromatic carbocycles. The molecule has 0 aliphatic carbocycles. The third kappa shape index (κ3) is 4.06. The molecule has 0 aliphatic rings. The zero-order valence-electron chi connectivity index (χ0n) is 11.6. The van der Waals surface area contributed by atoms with Crippen molar-refractivity contribution in [2.75, 3.05) is 6.61 Å². The molecule has 7 nitrogen and oxygen atoms in total. The summed E-state index contributed by atoms with van der Waals surface area (Å²) in [6, 6.07) is 0. The Morgan fingerprint density at radius 3 is 2.81 bits per heavy atom. The fraction of sp³-hybridized carbons (Fsp3) is 0.308. The molecule has 2 aromatic rings. The molecule has 0 saturated heterocycles. The van der Waals surface area contributed by atoms with Gasteiger partial charge in [0, 0.05) is 11.6 Å². The van der Waals surface area contributed by atoms with Gasteiger partial charge in [-0.15, -0.1) is 11.3 Å².